The number of rotatable bonds is 6. The first-order valence-corrected chi connectivity index (χ1v) is 19.7. The summed E-state index contributed by atoms with van der Waals surface area (Å²) in [5.74, 6) is 0. The molecule has 0 N–H and O–H groups in total. The molecule has 0 heteroatoms. The Morgan fingerprint density at radius 2 is 0.377 bits per heavy atom. The van der Waals surface area contributed by atoms with Crippen LogP contribution in [0.1, 0.15) is 46.4 Å². The van der Waals surface area contributed by atoms with E-state index in [2.05, 4.69) is 239 Å². The molecule has 0 saturated carbocycles. The summed E-state index contributed by atoms with van der Waals surface area (Å²) in [5, 5.41) is 0. The van der Waals surface area contributed by atoms with Crippen molar-refractivity contribution in [3.05, 3.63) is 253 Å². The number of hydrogen-bond donors (Lipinski definition) is 0. The maximum absolute atomic E-state index is 2.25. The van der Waals surface area contributed by atoms with E-state index in [0.717, 1.165) is 0 Å². The van der Waals surface area contributed by atoms with Crippen molar-refractivity contribution < 1.29 is 0 Å². The van der Waals surface area contributed by atoms with Crippen LogP contribution in [-0.4, -0.2) is 0 Å². The normalized spacial score (nSPS) is 9.69. The molecule has 9 aromatic carbocycles. The second-order valence-corrected chi connectivity index (χ2v) is 14.4. The predicted molar refractivity (Wildman–Crippen MR) is 273 cm³/mol. The zero-order valence-electron chi connectivity index (χ0n) is 33.0. The van der Waals surface area contributed by atoms with Crippen LogP contribution in [-0.2, 0) is 0 Å². The van der Waals surface area contributed by atoms with Crippen LogP contribution in [0.4, 0.5) is 0 Å². The van der Waals surface area contributed by atoms with E-state index in [1.165, 1.54) is 83.5 Å². The molecule has 0 amide bonds. The van der Waals surface area contributed by atoms with Gasteiger partial charge in [0.2, 0.25) is 0 Å². The first kappa shape index (κ1) is 48.3. The van der Waals surface area contributed by atoms with Crippen molar-refractivity contribution in [3.8, 4) is 66.8 Å². The maximum Gasteiger partial charge on any atom is -0.0178 e. The van der Waals surface area contributed by atoms with E-state index in [9.17, 15) is 0 Å². The van der Waals surface area contributed by atoms with Gasteiger partial charge in [0.25, 0.3) is 0 Å². The van der Waals surface area contributed by atoms with Gasteiger partial charge in [-0.2, -0.15) is 0 Å². The number of benzene rings is 9. The molecular weight excluding hydrogens is 733 g/mol. The second-order valence-electron chi connectivity index (χ2n) is 14.4. The van der Waals surface area contributed by atoms with Gasteiger partial charge >= 0.3 is 0 Å². The maximum atomic E-state index is 2.25. The molecule has 61 heavy (non-hydrogen) atoms. The minimum Gasteiger partial charge on any atom is -0.0776 e. The average molecular weight is 797 g/mol. The van der Waals surface area contributed by atoms with Crippen LogP contribution in [0.15, 0.2) is 237 Å². The van der Waals surface area contributed by atoms with Gasteiger partial charge in [-0.05, 0) is 93.6 Å². The molecule has 0 unspecified atom stereocenters. The van der Waals surface area contributed by atoms with Gasteiger partial charge in [0, 0.05) is 0 Å². The molecular formula is C61H64. The van der Waals surface area contributed by atoms with Gasteiger partial charge in [-0.3, -0.25) is 0 Å². The summed E-state index contributed by atoms with van der Waals surface area (Å²) in [7, 11) is 0. The van der Waals surface area contributed by atoms with Crippen molar-refractivity contribution >= 4 is 0 Å². The molecule has 0 aliphatic rings. The third-order valence-electron chi connectivity index (χ3n) is 10.1. The highest BCUT2D eigenvalue weighted by Crippen LogP contribution is 2.28. The molecule has 0 aliphatic heterocycles. The fourth-order valence-electron chi connectivity index (χ4n) is 6.80. The highest BCUT2D eigenvalue weighted by atomic mass is 14.1. The van der Waals surface area contributed by atoms with Crippen LogP contribution < -0.4 is 0 Å². The first-order valence-electron chi connectivity index (χ1n) is 19.7. The summed E-state index contributed by atoms with van der Waals surface area (Å²) in [6.45, 7) is 6.36. The van der Waals surface area contributed by atoms with Crippen molar-refractivity contribution in [2.45, 2.75) is 50.5 Å². The van der Waals surface area contributed by atoms with Gasteiger partial charge in [-0.1, -0.05) is 277 Å². The Kier molecular flexibility index (Phi) is 19.1. The smallest absolute Gasteiger partial charge is 0.0178 e. The van der Waals surface area contributed by atoms with Crippen molar-refractivity contribution in [2.24, 2.45) is 0 Å². The van der Waals surface area contributed by atoms with Crippen molar-refractivity contribution in [2.75, 3.05) is 0 Å². The SMILES string of the molecule is C.C.C.C.Cc1ccc(-c2ccc(-c3ccccc3)cc2)cc1.Cc1ccc(-c2cccc(-c3ccccc3)c2)cc1.Cc1cccc(-c2ccc(-c3ccccc3)cc2)c1. The Morgan fingerprint density at radius 3 is 0.689 bits per heavy atom. The van der Waals surface area contributed by atoms with Crippen molar-refractivity contribution in [1.29, 1.82) is 0 Å². The molecule has 0 aromatic heterocycles. The van der Waals surface area contributed by atoms with E-state index in [1.54, 1.807) is 0 Å². The summed E-state index contributed by atoms with van der Waals surface area (Å²) < 4.78 is 0. The fraction of sp³-hybridized carbons (Fsp3) is 0.115. The van der Waals surface area contributed by atoms with Crippen LogP contribution in [0.5, 0.6) is 0 Å². The summed E-state index contributed by atoms with van der Waals surface area (Å²) in [5.41, 5.74) is 19.1. The predicted octanol–water partition coefficient (Wildman–Crippen LogP) is 18.5. The molecule has 0 spiro atoms. The highest BCUT2D eigenvalue weighted by molar-refractivity contribution is 5.74. The Morgan fingerprint density at radius 1 is 0.164 bits per heavy atom. The van der Waals surface area contributed by atoms with Gasteiger partial charge in [0.15, 0.2) is 0 Å². The van der Waals surface area contributed by atoms with E-state index in [4.69, 9.17) is 0 Å². The van der Waals surface area contributed by atoms with Gasteiger partial charge in [-0.15, -0.1) is 0 Å². The van der Waals surface area contributed by atoms with Crippen LogP contribution in [0.25, 0.3) is 66.8 Å². The third-order valence-corrected chi connectivity index (χ3v) is 10.1. The summed E-state index contributed by atoms with van der Waals surface area (Å²) in [6, 6.07) is 83.6. The molecule has 0 fully saturated rings. The van der Waals surface area contributed by atoms with E-state index >= 15 is 0 Å². The molecule has 0 aliphatic carbocycles. The Bertz CT molecular complexity index is 2570. The molecule has 0 nitrogen and oxygen atoms in total. The molecule has 0 atom stereocenters. The average Bonchev–Trinajstić information content (AvgIpc) is 3.28. The van der Waals surface area contributed by atoms with Crippen LogP contribution in [0, 0.1) is 20.8 Å². The molecule has 9 aromatic rings. The van der Waals surface area contributed by atoms with Crippen molar-refractivity contribution in [3.63, 3.8) is 0 Å². The zero-order chi connectivity index (χ0) is 39.2. The van der Waals surface area contributed by atoms with Crippen LogP contribution in [0.2, 0.25) is 0 Å². The lowest BCUT2D eigenvalue weighted by atomic mass is 9.99. The van der Waals surface area contributed by atoms with E-state index in [-0.39, 0.29) is 29.7 Å². The van der Waals surface area contributed by atoms with E-state index < -0.39 is 0 Å². The lowest BCUT2D eigenvalue weighted by Crippen LogP contribution is -1.81. The molecule has 9 rings (SSSR count). The summed E-state index contributed by atoms with van der Waals surface area (Å²) >= 11 is 0. The van der Waals surface area contributed by atoms with Gasteiger partial charge in [0.05, 0.1) is 0 Å². The lowest BCUT2D eigenvalue weighted by Gasteiger charge is -2.06. The lowest BCUT2D eigenvalue weighted by molar-refractivity contribution is 1.47. The van der Waals surface area contributed by atoms with Gasteiger partial charge in [0.1, 0.15) is 0 Å². The minimum atomic E-state index is 0. The Labute approximate surface area is 368 Å². The summed E-state index contributed by atoms with van der Waals surface area (Å²) in [4.78, 5) is 0. The molecule has 0 heterocycles. The Hall–Kier alpha value is -7.02. The van der Waals surface area contributed by atoms with Crippen LogP contribution >= 0.6 is 0 Å². The summed E-state index contributed by atoms with van der Waals surface area (Å²) in [6.07, 6.45) is 0. The fourth-order valence-corrected chi connectivity index (χ4v) is 6.80. The van der Waals surface area contributed by atoms with Crippen molar-refractivity contribution in [1.82, 2.24) is 0 Å². The van der Waals surface area contributed by atoms with E-state index in [1.807, 2.05) is 18.2 Å². The highest BCUT2D eigenvalue weighted by Gasteiger charge is 2.03. The minimum absolute atomic E-state index is 0. The van der Waals surface area contributed by atoms with Gasteiger partial charge < -0.3 is 0 Å². The molecule has 0 radical (unpaired) electrons. The number of hydrogen-bond acceptors (Lipinski definition) is 0. The molecule has 308 valence electrons. The zero-order valence-corrected chi connectivity index (χ0v) is 33.0. The van der Waals surface area contributed by atoms with E-state index in [0.29, 0.717) is 0 Å². The first-order chi connectivity index (χ1) is 28.0. The quantitative estimate of drug-likeness (QED) is 0.157. The molecule has 0 saturated heterocycles. The van der Waals surface area contributed by atoms with Gasteiger partial charge in [-0.25, -0.2) is 0 Å². The monoisotopic (exact) mass is 797 g/mol. The number of aryl methyl sites for hydroxylation is 3. The third kappa shape index (κ3) is 13.5. The largest absolute Gasteiger partial charge is 0.0776 e. The Balaban J connectivity index is 0.000000236. The topological polar surface area (TPSA) is 0 Å². The second kappa shape index (κ2) is 24.2. The standard InChI is InChI=1S/3C19H16.4CH4/c1-15-6-5-9-19(14-15)18-12-10-17(11-13-18)16-7-3-2-4-8-16;1-15-10-12-17(13-11-15)19-9-5-8-18(14-19)16-6-3-2-4-7-16;1-15-7-9-17(10-8-15)19-13-11-18(12-14-19)16-5-3-2-4-6-16;;;;/h3*2-14H,1H3;4*1H4. The molecule has 0 bridgehead atoms. The van der Waals surface area contributed by atoms with Crippen LogP contribution in [0.3, 0.4) is 0 Å².